The predicted molar refractivity (Wildman–Crippen MR) is 90.3 cm³/mol. The first-order valence-corrected chi connectivity index (χ1v) is 7.11. The maximum absolute atomic E-state index is 6.13. The number of rotatable bonds is 5. The molecule has 108 valence electrons. The molecule has 1 N–H and O–H groups in total. The molecule has 0 spiro atoms. The summed E-state index contributed by atoms with van der Waals surface area (Å²) in [5.74, 6) is 0. The van der Waals surface area contributed by atoms with Gasteiger partial charge in [-0.2, -0.15) is 0 Å². The summed E-state index contributed by atoms with van der Waals surface area (Å²) in [5, 5.41) is 4.84. The van der Waals surface area contributed by atoms with E-state index < -0.39 is 0 Å². The summed E-state index contributed by atoms with van der Waals surface area (Å²) in [5.41, 5.74) is 3.71. The van der Waals surface area contributed by atoms with Crippen molar-refractivity contribution in [3.8, 4) is 0 Å². The lowest BCUT2D eigenvalue weighted by atomic mass is 10.1. The Balaban J connectivity index is 0.00000200. The molecule has 0 aromatic heterocycles. The van der Waals surface area contributed by atoms with E-state index in [0.29, 0.717) is 5.02 Å². The van der Waals surface area contributed by atoms with Gasteiger partial charge in [-0.15, -0.1) is 12.4 Å². The highest BCUT2D eigenvalue weighted by atomic mass is 35.5. The molecule has 0 aliphatic heterocycles. The van der Waals surface area contributed by atoms with E-state index >= 15 is 0 Å². The number of hydrogen-bond acceptors (Lipinski definition) is 1. The van der Waals surface area contributed by atoms with Crippen LogP contribution < -0.4 is 5.32 Å². The van der Waals surface area contributed by atoms with Gasteiger partial charge in [0.25, 0.3) is 0 Å². The van der Waals surface area contributed by atoms with E-state index in [1.165, 1.54) is 11.1 Å². The second-order valence-electron chi connectivity index (χ2n) is 4.65. The lowest BCUT2D eigenvalue weighted by Crippen LogP contribution is -2.16. The predicted octanol–water partition coefficient (Wildman–Crippen LogP) is 5.06. The van der Waals surface area contributed by atoms with Gasteiger partial charge < -0.3 is 5.32 Å². The van der Waals surface area contributed by atoms with Crippen molar-refractivity contribution in [2.75, 3.05) is 6.54 Å². The largest absolute Gasteiger partial charge is 0.312 e. The Kier molecular flexibility index (Phi) is 7.39. The highest BCUT2D eigenvalue weighted by Gasteiger charge is 2.01. The molecular formula is C16H18Cl3N. The molecule has 0 saturated carbocycles. The monoisotopic (exact) mass is 329 g/mol. The SMILES string of the molecule is Cc1ccc(CNCCc2ccc(Cl)cc2Cl)cc1.Cl. The summed E-state index contributed by atoms with van der Waals surface area (Å²) < 4.78 is 0. The van der Waals surface area contributed by atoms with Gasteiger partial charge in [-0.25, -0.2) is 0 Å². The highest BCUT2D eigenvalue weighted by molar-refractivity contribution is 6.35. The number of nitrogens with one attached hydrogen (secondary N) is 1. The Morgan fingerprint density at radius 1 is 1.00 bits per heavy atom. The lowest BCUT2D eigenvalue weighted by Gasteiger charge is -2.07. The summed E-state index contributed by atoms with van der Waals surface area (Å²) in [7, 11) is 0. The van der Waals surface area contributed by atoms with Crippen LogP contribution in [0.3, 0.4) is 0 Å². The van der Waals surface area contributed by atoms with E-state index in [1.54, 1.807) is 6.07 Å². The molecule has 2 aromatic carbocycles. The normalized spacial score (nSPS) is 10.2. The van der Waals surface area contributed by atoms with Crippen LogP contribution in [0.25, 0.3) is 0 Å². The molecule has 2 aromatic rings. The van der Waals surface area contributed by atoms with Crippen LogP contribution in [0.5, 0.6) is 0 Å². The number of halogens is 3. The Bertz CT molecular complexity index is 538. The van der Waals surface area contributed by atoms with Crippen molar-refractivity contribution in [2.45, 2.75) is 19.9 Å². The van der Waals surface area contributed by atoms with E-state index in [0.717, 1.165) is 30.1 Å². The first-order chi connectivity index (χ1) is 9.15. The van der Waals surface area contributed by atoms with E-state index in [9.17, 15) is 0 Å². The number of benzene rings is 2. The third-order valence-electron chi connectivity index (χ3n) is 3.04. The minimum atomic E-state index is 0. The van der Waals surface area contributed by atoms with Gasteiger partial charge in [0.05, 0.1) is 0 Å². The van der Waals surface area contributed by atoms with Crippen LogP contribution in [0.2, 0.25) is 10.0 Å². The molecule has 0 fully saturated rings. The average Bonchev–Trinajstić information content (AvgIpc) is 2.39. The first kappa shape index (κ1) is 17.3. The minimum Gasteiger partial charge on any atom is -0.312 e. The molecule has 0 bridgehead atoms. The Hall–Kier alpha value is -0.730. The third-order valence-corrected chi connectivity index (χ3v) is 3.62. The lowest BCUT2D eigenvalue weighted by molar-refractivity contribution is 0.687. The van der Waals surface area contributed by atoms with E-state index in [-0.39, 0.29) is 12.4 Å². The topological polar surface area (TPSA) is 12.0 Å². The van der Waals surface area contributed by atoms with E-state index in [2.05, 4.69) is 36.5 Å². The van der Waals surface area contributed by atoms with E-state index in [4.69, 9.17) is 23.2 Å². The van der Waals surface area contributed by atoms with Crippen molar-refractivity contribution < 1.29 is 0 Å². The standard InChI is InChI=1S/C16H17Cl2N.ClH/c1-12-2-4-13(5-3-12)11-19-9-8-14-6-7-15(17)10-16(14)18;/h2-7,10,19H,8-9,11H2,1H3;1H. The zero-order valence-electron chi connectivity index (χ0n) is 11.3. The van der Waals surface area contributed by atoms with Crippen LogP contribution in [0, 0.1) is 6.92 Å². The summed E-state index contributed by atoms with van der Waals surface area (Å²) in [4.78, 5) is 0. The molecule has 0 aliphatic carbocycles. The Morgan fingerprint density at radius 2 is 1.70 bits per heavy atom. The average molecular weight is 331 g/mol. The minimum absolute atomic E-state index is 0. The van der Waals surface area contributed by atoms with Gasteiger partial charge in [0, 0.05) is 16.6 Å². The highest BCUT2D eigenvalue weighted by Crippen LogP contribution is 2.21. The molecule has 0 heterocycles. The quantitative estimate of drug-likeness (QED) is 0.756. The van der Waals surface area contributed by atoms with Gasteiger partial charge in [-0.1, -0.05) is 59.1 Å². The molecule has 1 nitrogen and oxygen atoms in total. The van der Waals surface area contributed by atoms with E-state index in [1.807, 2.05) is 12.1 Å². The van der Waals surface area contributed by atoms with Gasteiger partial charge in [0.1, 0.15) is 0 Å². The molecule has 0 radical (unpaired) electrons. The fourth-order valence-electron chi connectivity index (χ4n) is 1.89. The Labute approximate surface area is 136 Å². The number of hydrogen-bond donors (Lipinski definition) is 1. The van der Waals surface area contributed by atoms with Gasteiger partial charge in [-0.05, 0) is 43.1 Å². The number of aryl methyl sites for hydroxylation is 1. The molecule has 0 unspecified atom stereocenters. The van der Waals surface area contributed by atoms with Crippen LogP contribution in [-0.2, 0) is 13.0 Å². The van der Waals surface area contributed by atoms with Gasteiger partial charge in [0.2, 0.25) is 0 Å². The second-order valence-corrected chi connectivity index (χ2v) is 5.49. The smallest absolute Gasteiger partial charge is 0.0453 e. The molecule has 2 rings (SSSR count). The third kappa shape index (κ3) is 5.34. The van der Waals surface area contributed by atoms with Crippen molar-refractivity contribution >= 4 is 35.6 Å². The molecule has 4 heteroatoms. The summed E-state index contributed by atoms with van der Waals surface area (Å²) in [6.07, 6.45) is 0.905. The maximum Gasteiger partial charge on any atom is 0.0453 e. The van der Waals surface area contributed by atoms with Crippen molar-refractivity contribution in [3.63, 3.8) is 0 Å². The van der Waals surface area contributed by atoms with Gasteiger partial charge >= 0.3 is 0 Å². The summed E-state index contributed by atoms with van der Waals surface area (Å²) in [6, 6.07) is 14.2. The van der Waals surface area contributed by atoms with Crippen molar-refractivity contribution in [3.05, 3.63) is 69.2 Å². The molecule has 0 aliphatic rings. The van der Waals surface area contributed by atoms with Gasteiger partial charge in [-0.3, -0.25) is 0 Å². The molecular weight excluding hydrogens is 313 g/mol. The molecule has 0 amide bonds. The van der Waals surface area contributed by atoms with Crippen LogP contribution in [0.15, 0.2) is 42.5 Å². The molecule has 0 atom stereocenters. The van der Waals surface area contributed by atoms with Crippen molar-refractivity contribution in [1.82, 2.24) is 5.32 Å². The van der Waals surface area contributed by atoms with Crippen LogP contribution in [0.1, 0.15) is 16.7 Å². The fourth-order valence-corrected chi connectivity index (χ4v) is 2.39. The maximum atomic E-state index is 6.13. The zero-order chi connectivity index (χ0) is 13.7. The van der Waals surface area contributed by atoms with Crippen molar-refractivity contribution in [2.24, 2.45) is 0 Å². The van der Waals surface area contributed by atoms with Crippen LogP contribution >= 0.6 is 35.6 Å². The Morgan fingerprint density at radius 3 is 2.35 bits per heavy atom. The van der Waals surface area contributed by atoms with Crippen molar-refractivity contribution in [1.29, 1.82) is 0 Å². The summed E-state index contributed by atoms with van der Waals surface area (Å²) >= 11 is 12.0. The van der Waals surface area contributed by atoms with Crippen LogP contribution in [-0.4, -0.2) is 6.54 Å². The molecule has 0 saturated heterocycles. The zero-order valence-corrected chi connectivity index (χ0v) is 13.7. The first-order valence-electron chi connectivity index (χ1n) is 6.35. The second kappa shape index (κ2) is 8.53. The summed E-state index contributed by atoms with van der Waals surface area (Å²) in [6.45, 7) is 3.88. The van der Waals surface area contributed by atoms with Crippen LogP contribution in [0.4, 0.5) is 0 Å². The molecule has 20 heavy (non-hydrogen) atoms. The fraction of sp³-hybridized carbons (Fsp3) is 0.250. The van der Waals surface area contributed by atoms with Gasteiger partial charge in [0.15, 0.2) is 0 Å².